The van der Waals surface area contributed by atoms with Crippen molar-refractivity contribution >= 4 is 16.8 Å². The Morgan fingerprint density at radius 3 is 2.60 bits per heavy atom. The Kier molecular flexibility index (Phi) is 5.20. The van der Waals surface area contributed by atoms with Crippen molar-refractivity contribution in [1.29, 1.82) is 0 Å². The van der Waals surface area contributed by atoms with Gasteiger partial charge in [0.1, 0.15) is 5.75 Å². The van der Waals surface area contributed by atoms with E-state index in [1.165, 1.54) is 0 Å². The molecule has 0 spiro atoms. The zero-order valence-corrected chi connectivity index (χ0v) is 6.82. The first-order valence-corrected chi connectivity index (χ1v) is 4.72. The first-order chi connectivity index (χ1) is 4.66. The lowest BCUT2D eigenvalue weighted by molar-refractivity contribution is -0.133. The van der Waals surface area contributed by atoms with Crippen LogP contribution in [0.3, 0.4) is 0 Å². The molecular weight excluding hydrogens is 152 g/mol. The zero-order valence-electron chi connectivity index (χ0n) is 6.00. The number of aliphatic carboxylic acids is 1. The summed E-state index contributed by atoms with van der Waals surface area (Å²) in [5.41, 5.74) is 0. The van der Waals surface area contributed by atoms with Gasteiger partial charge in [0.25, 0.3) is 0 Å². The molecule has 10 heavy (non-hydrogen) atoms. The lowest BCUT2D eigenvalue weighted by atomic mass is 10.4. The van der Waals surface area contributed by atoms with E-state index in [4.69, 9.17) is 5.11 Å². The monoisotopic (exact) mass is 164 g/mol. The fourth-order valence-corrected chi connectivity index (χ4v) is 1.55. The molecule has 0 bridgehead atoms. The first kappa shape index (κ1) is 9.62. The molecule has 1 unspecified atom stereocenters. The summed E-state index contributed by atoms with van der Waals surface area (Å²) in [6.07, 6.45) is 1.81. The largest absolute Gasteiger partial charge is 0.481 e. The summed E-state index contributed by atoms with van der Waals surface area (Å²) in [5, 5.41) is 8.19. The van der Waals surface area contributed by atoms with Gasteiger partial charge >= 0.3 is 5.97 Å². The highest BCUT2D eigenvalue weighted by Gasteiger charge is 2.03. The van der Waals surface area contributed by atoms with Crippen molar-refractivity contribution < 1.29 is 14.1 Å². The van der Waals surface area contributed by atoms with Crippen LogP contribution >= 0.6 is 0 Å². The van der Waals surface area contributed by atoms with Gasteiger partial charge in [0.15, 0.2) is 0 Å². The molecule has 0 saturated carbocycles. The number of hydrogen-bond donors (Lipinski definition) is 1. The van der Waals surface area contributed by atoms with Crippen LogP contribution in [0, 0.1) is 0 Å². The molecule has 0 amide bonds. The smallest absolute Gasteiger partial charge is 0.316 e. The summed E-state index contributed by atoms with van der Waals surface area (Å²) in [5.74, 6) is -0.669. The average molecular weight is 164 g/mol. The second-order valence-corrected chi connectivity index (χ2v) is 3.61. The molecule has 0 aromatic rings. The lowest BCUT2D eigenvalue weighted by Crippen LogP contribution is -2.11. The quantitative estimate of drug-likeness (QED) is 0.648. The summed E-state index contributed by atoms with van der Waals surface area (Å²) >= 11 is 0. The Labute approximate surface area is 62.9 Å². The number of hydrogen-bond acceptors (Lipinski definition) is 2. The lowest BCUT2D eigenvalue weighted by Gasteiger charge is -1.94. The number of unbranched alkanes of at least 4 members (excludes halogenated alkanes) is 1. The van der Waals surface area contributed by atoms with Crippen LogP contribution in [0.5, 0.6) is 0 Å². The predicted molar refractivity (Wildman–Crippen MR) is 40.4 cm³/mol. The van der Waals surface area contributed by atoms with E-state index in [0.29, 0.717) is 5.75 Å². The summed E-state index contributed by atoms with van der Waals surface area (Å²) in [6, 6.07) is 0. The van der Waals surface area contributed by atoms with Gasteiger partial charge in [-0.3, -0.25) is 9.00 Å². The molecular formula is C6H12O3S. The van der Waals surface area contributed by atoms with Crippen LogP contribution in [0.25, 0.3) is 0 Å². The van der Waals surface area contributed by atoms with Crippen molar-refractivity contribution in [2.24, 2.45) is 0 Å². The van der Waals surface area contributed by atoms with Gasteiger partial charge < -0.3 is 5.11 Å². The van der Waals surface area contributed by atoms with E-state index in [1.54, 1.807) is 0 Å². The van der Waals surface area contributed by atoms with Crippen LogP contribution < -0.4 is 0 Å². The second kappa shape index (κ2) is 5.41. The van der Waals surface area contributed by atoms with Crippen LogP contribution in [0.15, 0.2) is 0 Å². The van der Waals surface area contributed by atoms with Crippen molar-refractivity contribution in [3.8, 4) is 0 Å². The summed E-state index contributed by atoms with van der Waals surface area (Å²) in [7, 11) is -1.15. The molecule has 0 aliphatic carbocycles. The fraction of sp³-hybridized carbons (Fsp3) is 0.833. The van der Waals surface area contributed by atoms with E-state index in [9.17, 15) is 9.00 Å². The summed E-state index contributed by atoms with van der Waals surface area (Å²) in [4.78, 5) is 9.98. The van der Waals surface area contributed by atoms with Gasteiger partial charge in [-0.1, -0.05) is 13.3 Å². The molecule has 1 atom stereocenters. The van der Waals surface area contributed by atoms with Crippen molar-refractivity contribution in [3.05, 3.63) is 0 Å². The zero-order chi connectivity index (χ0) is 7.98. The van der Waals surface area contributed by atoms with Gasteiger partial charge in [-0.25, -0.2) is 0 Å². The van der Waals surface area contributed by atoms with E-state index in [1.807, 2.05) is 6.92 Å². The molecule has 4 heteroatoms. The Bertz CT molecular complexity index is 133. The number of carboxylic acid groups (broad SMARTS) is 1. The SMILES string of the molecule is CCCCS(=O)CC(=O)O. The number of carbonyl (C=O) groups is 1. The highest BCUT2D eigenvalue weighted by Crippen LogP contribution is 1.91. The number of carboxylic acids is 1. The molecule has 60 valence electrons. The van der Waals surface area contributed by atoms with Crippen molar-refractivity contribution in [2.45, 2.75) is 19.8 Å². The summed E-state index contributed by atoms with van der Waals surface area (Å²) < 4.78 is 10.7. The van der Waals surface area contributed by atoms with Crippen LogP contribution in [-0.4, -0.2) is 26.8 Å². The maximum absolute atomic E-state index is 10.7. The fourth-order valence-electron chi connectivity index (χ4n) is 0.515. The molecule has 1 N–H and O–H groups in total. The molecule has 0 heterocycles. The Morgan fingerprint density at radius 2 is 2.20 bits per heavy atom. The Hall–Kier alpha value is -0.380. The van der Waals surface area contributed by atoms with E-state index in [2.05, 4.69) is 0 Å². The number of rotatable bonds is 5. The van der Waals surface area contributed by atoms with Gasteiger partial charge in [-0.2, -0.15) is 0 Å². The minimum absolute atomic E-state index is 0.208. The molecule has 0 aliphatic rings. The average Bonchev–Trinajstić information content (AvgIpc) is 1.82. The van der Waals surface area contributed by atoms with Crippen LogP contribution in [0.4, 0.5) is 0 Å². The van der Waals surface area contributed by atoms with E-state index >= 15 is 0 Å². The highest BCUT2D eigenvalue weighted by atomic mass is 32.2. The van der Waals surface area contributed by atoms with Gasteiger partial charge in [0, 0.05) is 16.6 Å². The summed E-state index contributed by atoms with van der Waals surface area (Å²) in [6.45, 7) is 1.98. The van der Waals surface area contributed by atoms with Crippen LogP contribution in [-0.2, 0) is 15.6 Å². The minimum atomic E-state index is -1.15. The first-order valence-electron chi connectivity index (χ1n) is 3.23. The third-order valence-electron chi connectivity index (χ3n) is 1.01. The molecule has 0 saturated heterocycles. The van der Waals surface area contributed by atoms with E-state index in [0.717, 1.165) is 12.8 Å². The maximum Gasteiger partial charge on any atom is 0.316 e. The van der Waals surface area contributed by atoms with Crippen LogP contribution in [0.1, 0.15) is 19.8 Å². The second-order valence-electron chi connectivity index (χ2n) is 2.04. The van der Waals surface area contributed by atoms with Gasteiger partial charge in [0.2, 0.25) is 0 Å². The molecule has 0 rings (SSSR count). The third-order valence-corrected chi connectivity index (χ3v) is 2.32. The van der Waals surface area contributed by atoms with E-state index < -0.39 is 16.8 Å². The molecule has 0 aromatic carbocycles. The van der Waals surface area contributed by atoms with Crippen LogP contribution in [0.2, 0.25) is 0 Å². The van der Waals surface area contributed by atoms with Crippen molar-refractivity contribution in [1.82, 2.24) is 0 Å². The van der Waals surface area contributed by atoms with Gasteiger partial charge in [-0.05, 0) is 6.42 Å². The molecule has 0 radical (unpaired) electrons. The van der Waals surface area contributed by atoms with E-state index in [-0.39, 0.29) is 5.75 Å². The third kappa shape index (κ3) is 5.75. The highest BCUT2D eigenvalue weighted by molar-refractivity contribution is 7.85. The van der Waals surface area contributed by atoms with Crippen molar-refractivity contribution in [2.75, 3.05) is 11.5 Å². The molecule has 3 nitrogen and oxygen atoms in total. The maximum atomic E-state index is 10.7. The topological polar surface area (TPSA) is 54.4 Å². The van der Waals surface area contributed by atoms with Crippen molar-refractivity contribution in [3.63, 3.8) is 0 Å². The predicted octanol–water partition coefficient (Wildman–Crippen LogP) is 0.620. The standard InChI is InChI=1S/C6H12O3S/c1-2-3-4-10(9)5-6(7)8/h2-5H2,1H3,(H,7,8). The normalized spacial score (nSPS) is 12.9. The van der Waals surface area contributed by atoms with Gasteiger partial charge in [-0.15, -0.1) is 0 Å². The Balaban J connectivity index is 3.35. The minimum Gasteiger partial charge on any atom is -0.481 e. The Morgan fingerprint density at radius 1 is 1.60 bits per heavy atom. The van der Waals surface area contributed by atoms with Gasteiger partial charge in [0.05, 0.1) is 0 Å². The molecule has 0 aliphatic heterocycles. The molecule has 0 aromatic heterocycles. The molecule has 0 fully saturated rings.